The highest BCUT2D eigenvalue weighted by Gasteiger charge is 2.10. The number of nitrogens with two attached hydrogens (primary N) is 1. The third kappa shape index (κ3) is 2.27. The Kier molecular flexibility index (Phi) is 3.17. The van der Waals surface area contributed by atoms with Crippen molar-refractivity contribution in [3.8, 4) is 11.1 Å². The van der Waals surface area contributed by atoms with E-state index in [1.807, 2.05) is 26.0 Å². The summed E-state index contributed by atoms with van der Waals surface area (Å²) in [5.74, 6) is 0.572. The Bertz CT molecular complexity index is 826. The predicted molar refractivity (Wildman–Crippen MR) is 86.2 cm³/mol. The molecular formula is C16H17N5. The SMILES string of the molecule is CNc1ncc2cc(-c3cccc(N)c3C)c(C)nc2n1. The summed E-state index contributed by atoms with van der Waals surface area (Å²) < 4.78 is 0. The second kappa shape index (κ2) is 5.01. The van der Waals surface area contributed by atoms with Crippen molar-refractivity contribution in [2.45, 2.75) is 13.8 Å². The zero-order valence-electron chi connectivity index (χ0n) is 12.3. The van der Waals surface area contributed by atoms with Crippen molar-refractivity contribution in [1.29, 1.82) is 0 Å². The number of benzene rings is 1. The number of rotatable bonds is 2. The van der Waals surface area contributed by atoms with Crippen LogP contribution in [-0.2, 0) is 0 Å². The molecule has 1 aromatic carbocycles. The summed E-state index contributed by atoms with van der Waals surface area (Å²) in [6.07, 6.45) is 1.78. The number of nitrogen functional groups attached to an aromatic ring is 1. The lowest BCUT2D eigenvalue weighted by atomic mass is 9.97. The molecule has 0 unspecified atom stereocenters. The fraction of sp³-hybridized carbons (Fsp3) is 0.188. The molecule has 0 atom stereocenters. The second-order valence-electron chi connectivity index (χ2n) is 5.00. The van der Waals surface area contributed by atoms with Crippen molar-refractivity contribution in [1.82, 2.24) is 15.0 Å². The second-order valence-corrected chi connectivity index (χ2v) is 5.00. The Morgan fingerprint density at radius 3 is 2.67 bits per heavy atom. The molecule has 3 N–H and O–H groups in total. The van der Waals surface area contributed by atoms with Crippen LogP contribution in [0, 0.1) is 13.8 Å². The summed E-state index contributed by atoms with van der Waals surface area (Å²) in [5.41, 5.74) is 11.6. The predicted octanol–water partition coefficient (Wildman–Crippen LogP) is 2.93. The zero-order valence-corrected chi connectivity index (χ0v) is 12.3. The van der Waals surface area contributed by atoms with E-state index < -0.39 is 0 Å². The van der Waals surface area contributed by atoms with Crippen LogP contribution in [0.4, 0.5) is 11.6 Å². The van der Waals surface area contributed by atoms with E-state index in [0.717, 1.165) is 33.5 Å². The van der Waals surface area contributed by atoms with Gasteiger partial charge in [0.2, 0.25) is 5.95 Å². The van der Waals surface area contributed by atoms with Crippen molar-refractivity contribution in [3.05, 3.63) is 41.7 Å². The maximum atomic E-state index is 6.01. The highest BCUT2D eigenvalue weighted by molar-refractivity contribution is 5.84. The van der Waals surface area contributed by atoms with Gasteiger partial charge in [0.25, 0.3) is 0 Å². The topological polar surface area (TPSA) is 76.7 Å². The first-order chi connectivity index (χ1) is 10.1. The molecule has 0 saturated carbocycles. The van der Waals surface area contributed by atoms with Gasteiger partial charge in [0.05, 0.1) is 0 Å². The molecule has 0 bridgehead atoms. The van der Waals surface area contributed by atoms with E-state index in [1.165, 1.54) is 0 Å². The summed E-state index contributed by atoms with van der Waals surface area (Å²) >= 11 is 0. The number of anilines is 2. The first-order valence-electron chi connectivity index (χ1n) is 6.77. The van der Waals surface area contributed by atoms with E-state index in [9.17, 15) is 0 Å². The Hall–Kier alpha value is -2.69. The molecule has 0 fully saturated rings. The van der Waals surface area contributed by atoms with Crippen LogP contribution in [0.3, 0.4) is 0 Å². The van der Waals surface area contributed by atoms with E-state index in [2.05, 4.69) is 32.4 Å². The minimum absolute atomic E-state index is 0.572. The summed E-state index contributed by atoms with van der Waals surface area (Å²) in [7, 11) is 1.79. The number of hydrogen-bond donors (Lipinski definition) is 2. The standard InChI is InChI=1S/C16H17N5/c1-9-12(5-4-6-14(9)17)13-7-11-8-19-16(18-3)21-15(11)20-10(13)2/h4-8H,17H2,1-3H3,(H,18,19,20,21). The van der Waals surface area contributed by atoms with Gasteiger partial charge in [-0.2, -0.15) is 4.98 Å². The first-order valence-corrected chi connectivity index (χ1v) is 6.77. The molecule has 3 rings (SSSR count). The van der Waals surface area contributed by atoms with Crippen LogP contribution in [-0.4, -0.2) is 22.0 Å². The lowest BCUT2D eigenvalue weighted by Gasteiger charge is -2.12. The maximum Gasteiger partial charge on any atom is 0.224 e. The summed E-state index contributed by atoms with van der Waals surface area (Å²) in [4.78, 5) is 13.2. The van der Waals surface area contributed by atoms with Gasteiger partial charge in [0.1, 0.15) is 0 Å². The molecule has 0 spiro atoms. The number of fused-ring (bicyclic) bond motifs is 1. The van der Waals surface area contributed by atoms with Crippen LogP contribution in [0.15, 0.2) is 30.5 Å². The highest BCUT2D eigenvalue weighted by Crippen LogP contribution is 2.30. The number of pyridine rings is 1. The van der Waals surface area contributed by atoms with Gasteiger partial charge in [-0.25, -0.2) is 9.97 Å². The van der Waals surface area contributed by atoms with Gasteiger partial charge < -0.3 is 11.1 Å². The Morgan fingerprint density at radius 1 is 1.10 bits per heavy atom. The summed E-state index contributed by atoms with van der Waals surface area (Å²) in [6.45, 7) is 4.01. The van der Waals surface area contributed by atoms with Gasteiger partial charge in [-0.3, -0.25) is 0 Å². The Balaban J connectivity index is 2.24. The molecule has 0 saturated heterocycles. The Labute approximate surface area is 123 Å². The van der Waals surface area contributed by atoms with E-state index in [-0.39, 0.29) is 0 Å². The third-order valence-corrected chi connectivity index (χ3v) is 3.65. The lowest BCUT2D eigenvalue weighted by Crippen LogP contribution is -1.99. The molecule has 0 aliphatic rings. The number of aromatic nitrogens is 3. The number of nitrogens with one attached hydrogen (secondary N) is 1. The molecule has 2 heterocycles. The normalized spacial score (nSPS) is 10.8. The third-order valence-electron chi connectivity index (χ3n) is 3.65. The first kappa shape index (κ1) is 13.3. The molecule has 0 aliphatic carbocycles. The van der Waals surface area contributed by atoms with E-state index in [0.29, 0.717) is 11.6 Å². The van der Waals surface area contributed by atoms with E-state index in [1.54, 1.807) is 13.2 Å². The largest absolute Gasteiger partial charge is 0.398 e. The monoisotopic (exact) mass is 279 g/mol. The molecule has 0 radical (unpaired) electrons. The molecule has 106 valence electrons. The molecule has 0 aliphatic heterocycles. The van der Waals surface area contributed by atoms with Gasteiger partial charge in [-0.1, -0.05) is 12.1 Å². The minimum atomic E-state index is 0.572. The average Bonchev–Trinajstić information content (AvgIpc) is 2.49. The molecule has 0 amide bonds. The van der Waals surface area contributed by atoms with Crippen LogP contribution >= 0.6 is 0 Å². The van der Waals surface area contributed by atoms with E-state index in [4.69, 9.17) is 5.73 Å². The van der Waals surface area contributed by atoms with Crippen molar-refractivity contribution in [2.24, 2.45) is 0 Å². The molecule has 2 aromatic heterocycles. The van der Waals surface area contributed by atoms with Gasteiger partial charge in [-0.05, 0) is 37.1 Å². The summed E-state index contributed by atoms with van der Waals surface area (Å²) in [6, 6.07) is 8.00. The summed E-state index contributed by atoms with van der Waals surface area (Å²) in [5, 5.41) is 3.84. The van der Waals surface area contributed by atoms with Crippen LogP contribution in [0.1, 0.15) is 11.3 Å². The van der Waals surface area contributed by atoms with Gasteiger partial charge in [0.15, 0.2) is 5.65 Å². The van der Waals surface area contributed by atoms with Gasteiger partial charge in [0, 0.05) is 35.6 Å². The minimum Gasteiger partial charge on any atom is -0.398 e. The quantitative estimate of drug-likeness (QED) is 0.705. The molecule has 5 nitrogen and oxygen atoms in total. The fourth-order valence-electron chi connectivity index (χ4n) is 2.39. The zero-order chi connectivity index (χ0) is 15.0. The maximum absolute atomic E-state index is 6.01. The molecule has 5 heteroatoms. The van der Waals surface area contributed by atoms with Crippen LogP contribution in [0.2, 0.25) is 0 Å². The fourth-order valence-corrected chi connectivity index (χ4v) is 2.39. The van der Waals surface area contributed by atoms with Crippen LogP contribution < -0.4 is 11.1 Å². The number of aryl methyl sites for hydroxylation is 1. The smallest absolute Gasteiger partial charge is 0.224 e. The van der Waals surface area contributed by atoms with Crippen molar-refractivity contribution < 1.29 is 0 Å². The van der Waals surface area contributed by atoms with Crippen molar-refractivity contribution in [3.63, 3.8) is 0 Å². The van der Waals surface area contributed by atoms with Gasteiger partial charge in [-0.15, -0.1) is 0 Å². The number of nitrogens with zero attached hydrogens (tertiary/aromatic N) is 3. The van der Waals surface area contributed by atoms with Crippen molar-refractivity contribution >= 4 is 22.7 Å². The highest BCUT2D eigenvalue weighted by atomic mass is 15.1. The average molecular weight is 279 g/mol. The van der Waals surface area contributed by atoms with Crippen LogP contribution in [0.25, 0.3) is 22.2 Å². The molecule has 21 heavy (non-hydrogen) atoms. The van der Waals surface area contributed by atoms with Gasteiger partial charge >= 0.3 is 0 Å². The van der Waals surface area contributed by atoms with Crippen molar-refractivity contribution in [2.75, 3.05) is 18.1 Å². The number of hydrogen-bond acceptors (Lipinski definition) is 5. The van der Waals surface area contributed by atoms with Crippen LogP contribution in [0.5, 0.6) is 0 Å². The molecule has 3 aromatic rings. The lowest BCUT2D eigenvalue weighted by molar-refractivity contribution is 1.14. The Morgan fingerprint density at radius 2 is 1.90 bits per heavy atom. The van der Waals surface area contributed by atoms with E-state index >= 15 is 0 Å². The molecular weight excluding hydrogens is 262 g/mol.